The average molecular weight is 509 g/mol. The first-order valence-electron chi connectivity index (χ1n) is 11.4. The maximum Gasteiger partial charge on any atom is 0.262 e. The topological polar surface area (TPSA) is 102 Å². The number of anilines is 1. The highest BCUT2D eigenvalue weighted by Gasteiger charge is 2.41. The highest BCUT2D eigenvalue weighted by molar-refractivity contribution is 7.89. The molecule has 0 saturated carbocycles. The molecule has 186 valence electrons. The van der Waals surface area contributed by atoms with Gasteiger partial charge in [-0.3, -0.25) is 0 Å². The van der Waals surface area contributed by atoms with Crippen LogP contribution < -0.4 is 10.1 Å². The number of hydrogen-bond acceptors (Lipinski definition) is 7. The number of rotatable bonds is 8. The van der Waals surface area contributed by atoms with Crippen LogP contribution in [0, 0.1) is 5.82 Å². The van der Waals surface area contributed by atoms with E-state index in [1.807, 2.05) is 30.3 Å². The summed E-state index contributed by atoms with van der Waals surface area (Å²) in [6.07, 6.45) is 4.32. The number of nitrogens with zero attached hydrogens (tertiary/aromatic N) is 5. The molecule has 2 aromatic heterocycles. The molecule has 4 aromatic rings. The summed E-state index contributed by atoms with van der Waals surface area (Å²) >= 11 is 0. The van der Waals surface area contributed by atoms with Crippen molar-refractivity contribution < 1.29 is 17.5 Å². The Kier molecular flexibility index (Phi) is 6.66. The van der Waals surface area contributed by atoms with Crippen LogP contribution in [0.25, 0.3) is 0 Å². The quantitative estimate of drug-likeness (QED) is 0.390. The number of halogens is 1. The summed E-state index contributed by atoms with van der Waals surface area (Å²) in [4.78, 5) is 12.5. The van der Waals surface area contributed by atoms with Crippen LogP contribution in [0.2, 0.25) is 0 Å². The number of imidazole rings is 1. The van der Waals surface area contributed by atoms with E-state index in [9.17, 15) is 12.8 Å². The SMILES string of the molecule is Cn1cnc(S(=O)(=O)N2C[C@H](Nc3cc(OCc4ccccc4)ncn3)[C@@H](c3ccc(F)cc3)C2)c1. The molecule has 1 saturated heterocycles. The third-order valence-corrected chi connectivity index (χ3v) is 7.79. The van der Waals surface area contributed by atoms with E-state index in [1.165, 1.54) is 35.3 Å². The van der Waals surface area contributed by atoms with E-state index in [1.54, 1.807) is 29.8 Å². The predicted octanol–water partition coefficient (Wildman–Crippen LogP) is 3.20. The van der Waals surface area contributed by atoms with Crippen molar-refractivity contribution in [2.75, 3.05) is 18.4 Å². The number of sulfonamides is 1. The molecule has 0 unspecified atom stereocenters. The summed E-state index contributed by atoms with van der Waals surface area (Å²) in [6.45, 7) is 0.755. The van der Waals surface area contributed by atoms with Crippen LogP contribution in [0.5, 0.6) is 5.88 Å². The zero-order chi connectivity index (χ0) is 25.1. The van der Waals surface area contributed by atoms with Gasteiger partial charge < -0.3 is 14.6 Å². The molecular formula is C25H25FN6O3S. The van der Waals surface area contributed by atoms with Gasteiger partial charge in [0.25, 0.3) is 10.0 Å². The summed E-state index contributed by atoms with van der Waals surface area (Å²) in [5, 5.41) is 3.33. The van der Waals surface area contributed by atoms with E-state index in [2.05, 4.69) is 20.3 Å². The number of ether oxygens (including phenoxy) is 1. The molecule has 1 aliphatic rings. The van der Waals surface area contributed by atoms with Gasteiger partial charge in [0.1, 0.15) is 24.6 Å². The van der Waals surface area contributed by atoms with E-state index in [4.69, 9.17) is 4.74 Å². The van der Waals surface area contributed by atoms with Gasteiger partial charge in [0.2, 0.25) is 5.88 Å². The molecule has 0 aliphatic carbocycles. The molecule has 1 N–H and O–H groups in total. The first kappa shape index (κ1) is 23.9. The molecular weight excluding hydrogens is 483 g/mol. The van der Waals surface area contributed by atoms with Crippen molar-refractivity contribution in [3.63, 3.8) is 0 Å². The molecule has 0 radical (unpaired) electrons. The molecule has 3 heterocycles. The second-order valence-electron chi connectivity index (χ2n) is 8.62. The first-order chi connectivity index (χ1) is 17.4. The van der Waals surface area contributed by atoms with Gasteiger partial charge >= 0.3 is 0 Å². The Morgan fingerprint density at radius 3 is 2.56 bits per heavy atom. The minimum atomic E-state index is -3.81. The Morgan fingerprint density at radius 1 is 1.06 bits per heavy atom. The van der Waals surface area contributed by atoms with Crippen LogP contribution in [-0.4, -0.2) is 51.4 Å². The lowest BCUT2D eigenvalue weighted by Crippen LogP contribution is -2.32. The third kappa shape index (κ3) is 5.21. The summed E-state index contributed by atoms with van der Waals surface area (Å²) in [7, 11) is -2.09. The lowest BCUT2D eigenvalue weighted by Gasteiger charge is -2.21. The molecule has 36 heavy (non-hydrogen) atoms. The number of benzene rings is 2. The number of aryl methyl sites for hydroxylation is 1. The Labute approximate surface area is 208 Å². The van der Waals surface area contributed by atoms with Crippen molar-refractivity contribution in [2.24, 2.45) is 7.05 Å². The second kappa shape index (κ2) is 10.0. The summed E-state index contributed by atoms with van der Waals surface area (Å²) in [6, 6.07) is 17.2. The Balaban J connectivity index is 1.37. The third-order valence-electron chi connectivity index (χ3n) is 6.07. The van der Waals surface area contributed by atoms with Gasteiger partial charge in [0, 0.05) is 44.4 Å². The van der Waals surface area contributed by atoms with Crippen molar-refractivity contribution in [2.45, 2.75) is 23.6 Å². The second-order valence-corrected chi connectivity index (χ2v) is 10.5. The fourth-order valence-corrected chi connectivity index (χ4v) is 5.69. The highest BCUT2D eigenvalue weighted by Crippen LogP contribution is 2.33. The van der Waals surface area contributed by atoms with Crippen molar-refractivity contribution >= 4 is 15.8 Å². The maximum absolute atomic E-state index is 13.6. The number of nitrogens with one attached hydrogen (secondary N) is 1. The average Bonchev–Trinajstić information content (AvgIpc) is 3.52. The van der Waals surface area contributed by atoms with Gasteiger partial charge in [0.15, 0.2) is 5.03 Å². The molecule has 11 heteroatoms. The van der Waals surface area contributed by atoms with E-state index >= 15 is 0 Å². The maximum atomic E-state index is 13.6. The van der Waals surface area contributed by atoms with Crippen LogP contribution in [0.3, 0.4) is 0 Å². The zero-order valence-electron chi connectivity index (χ0n) is 19.5. The Hall–Kier alpha value is -3.83. The number of aromatic nitrogens is 4. The first-order valence-corrected chi connectivity index (χ1v) is 12.8. The summed E-state index contributed by atoms with van der Waals surface area (Å²) < 4.78 is 48.9. The van der Waals surface area contributed by atoms with E-state index in [-0.39, 0.29) is 35.9 Å². The lowest BCUT2D eigenvalue weighted by molar-refractivity contribution is 0.293. The predicted molar refractivity (Wildman–Crippen MR) is 131 cm³/mol. The molecule has 2 atom stereocenters. The lowest BCUT2D eigenvalue weighted by atomic mass is 9.94. The molecule has 0 spiro atoms. The largest absolute Gasteiger partial charge is 0.473 e. The van der Waals surface area contributed by atoms with E-state index < -0.39 is 10.0 Å². The van der Waals surface area contributed by atoms with Gasteiger partial charge in [0.05, 0.1) is 6.33 Å². The van der Waals surface area contributed by atoms with Gasteiger partial charge in [-0.1, -0.05) is 42.5 Å². The summed E-state index contributed by atoms with van der Waals surface area (Å²) in [5.74, 6) is 0.302. The standard InChI is InChI=1S/C25H25FN6O3S/c1-31-14-25(29-17-31)36(33,34)32-12-21(19-7-9-20(26)10-8-19)22(13-32)30-23-11-24(28-16-27-23)35-15-18-5-3-2-4-6-18/h2-11,14,16-17,21-22H,12-13,15H2,1H3,(H,27,28,30)/t21-,22+/m1/s1. The van der Waals surface area contributed by atoms with Gasteiger partial charge in [-0.15, -0.1) is 0 Å². The molecule has 9 nitrogen and oxygen atoms in total. The molecule has 1 fully saturated rings. The zero-order valence-corrected chi connectivity index (χ0v) is 20.3. The molecule has 0 bridgehead atoms. The van der Waals surface area contributed by atoms with Crippen LogP contribution in [0.15, 0.2) is 84.5 Å². The van der Waals surface area contributed by atoms with Crippen LogP contribution >= 0.6 is 0 Å². The molecule has 2 aromatic carbocycles. The van der Waals surface area contributed by atoms with E-state index in [0.29, 0.717) is 18.3 Å². The van der Waals surface area contributed by atoms with Crippen molar-refractivity contribution in [1.29, 1.82) is 0 Å². The number of hydrogen-bond donors (Lipinski definition) is 1. The monoisotopic (exact) mass is 508 g/mol. The Morgan fingerprint density at radius 2 is 1.83 bits per heavy atom. The van der Waals surface area contributed by atoms with E-state index in [0.717, 1.165) is 11.1 Å². The van der Waals surface area contributed by atoms with Gasteiger partial charge in [-0.2, -0.15) is 4.31 Å². The molecule has 5 rings (SSSR count). The van der Waals surface area contributed by atoms with Gasteiger partial charge in [-0.05, 0) is 23.3 Å². The fourth-order valence-electron chi connectivity index (χ4n) is 4.23. The Bertz CT molecular complexity index is 1430. The smallest absolute Gasteiger partial charge is 0.262 e. The summed E-state index contributed by atoms with van der Waals surface area (Å²) in [5.41, 5.74) is 1.83. The van der Waals surface area contributed by atoms with Crippen molar-refractivity contribution in [1.82, 2.24) is 23.8 Å². The molecule has 0 amide bonds. The van der Waals surface area contributed by atoms with Crippen LogP contribution in [0.1, 0.15) is 17.0 Å². The normalized spacial score (nSPS) is 18.3. The highest BCUT2D eigenvalue weighted by atomic mass is 32.2. The van der Waals surface area contributed by atoms with Crippen molar-refractivity contribution in [3.05, 3.63) is 96.5 Å². The van der Waals surface area contributed by atoms with Crippen LogP contribution in [-0.2, 0) is 23.7 Å². The minimum Gasteiger partial charge on any atom is -0.473 e. The van der Waals surface area contributed by atoms with Crippen molar-refractivity contribution in [3.8, 4) is 5.88 Å². The van der Waals surface area contributed by atoms with Crippen LogP contribution in [0.4, 0.5) is 10.2 Å². The van der Waals surface area contributed by atoms with Gasteiger partial charge in [-0.25, -0.2) is 27.8 Å². The fraction of sp³-hybridized carbons (Fsp3) is 0.240. The minimum absolute atomic E-state index is 0.0119. The molecule has 1 aliphatic heterocycles.